The molecule has 0 fully saturated rings. The number of hydrogen-bond acceptors (Lipinski definition) is 5. The zero-order valence-corrected chi connectivity index (χ0v) is 10.4. The Labute approximate surface area is 100 Å². The van der Waals surface area contributed by atoms with Crippen molar-refractivity contribution in [1.82, 2.24) is 0 Å². The van der Waals surface area contributed by atoms with Crippen LogP contribution in [0, 0.1) is 0 Å². The Kier molecular flexibility index (Phi) is 4.63. The molecule has 0 unspecified atom stereocenters. The first-order valence-corrected chi connectivity index (χ1v) is 5.15. The second kappa shape index (κ2) is 5.98. The molecule has 94 valence electrons. The summed E-state index contributed by atoms with van der Waals surface area (Å²) in [7, 11) is 4.29. The monoisotopic (exact) mass is 240 g/mol. The lowest BCUT2D eigenvalue weighted by atomic mass is 10.1. The van der Waals surface area contributed by atoms with E-state index in [1.54, 1.807) is 6.07 Å². The van der Waals surface area contributed by atoms with E-state index in [9.17, 15) is 4.79 Å². The van der Waals surface area contributed by atoms with Crippen LogP contribution in [-0.2, 0) is 4.74 Å². The molecule has 0 aliphatic rings. The van der Waals surface area contributed by atoms with E-state index in [0.717, 1.165) is 0 Å². The minimum absolute atomic E-state index is 0.301. The first-order valence-electron chi connectivity index (χ1n) is 5.15. The van der Waals surface area contributed by atoms with E-state index < -0.39 is 5.97 Å². The molecule has 0 spiro atoms. The highest BCUT2D eigenvalue weighted by molar-refractivity contribution is 5.93. The fourth-order valence-electron chi connectivity index (χ4n) is 1.41. The van der Waals surface area contributed by atoms with Crippen LogP contribution < -0.4 is 14.2 Å². The number of ether oxygens (including phenoxy) is 4. The summed E-state index contributed by atoms with van der Waals surface area (Å²) in [6, 6.07) is 3.14. The summed E-state index contributed by atoms with van der Waals surface area (Å²) in [4.78, 5) is 11.5. The number of rotatable bonds is 5. The summed E-state index contributed by atoms with van der Waals surface area (Å²) >= 11 is 0. The molecule has 1 aromatic carbocycles. The van der Waals surface area contributed by atoms with Crippen molar-refractivity contribution in [2.75, 3.05) is 27.9 Å². The van der Waals surface area contributed by atoms with Crippen molar-refractivity contribution in [1.29, 1.82) is 0 Å². The van der Waals surface area contributed by atoms with Crippen molar-refractivity contribution in [2.24, 2.45) is 0 Å². The Morgan fingerprint density at radius 3 is 2.18 bits per heavy atom. The molecular weight excluding hydrogens is 224 g/mol. The van der Waals surface area contributed by atoms with Crippen LogP contribution in [0.3, 0.4) is 0 Å². The van der Waals surface area contributed by atoms with Gasteiger partial charge in [-0.3, -0.25) is 0 Å². The van der Waals surface area contributed by atoms with Crippen LogP contribution >= 0.6 is 0 Å². The van der Waals surface area contributed by atoms with Gasteiger partial charge in [0.15, 0.2) is 11.5 Å². The summed E-state index contributed by atoms with van der Waals surface area (Å²) < 4.78 is 20.3. The van der Waals surface area contributed by atoms with Crippen molar-refractivity contribution in [3.8, 4) is 17.2 Å². The van der Waals surface area contributed by atoms with E-state index in [2.05, 4.69) is 4.74 Å². The van der Waals surface area contributed by atoms with Crippen LogP contribution in [0.5, 0.6) is 17.2 Å². The van der Waals surface area contributed by atoms with Gasteiger partial charge >= 0.3 is 5.97 Å². The van der Waals surface area contributed by atoms with Gasteiger partial charge in [-0.05, 0) is 6.92 Å². The predicted octanol–water partition coefficient (Wildman–Crippen LogP) is 1.89. The minimum atomic E-state index is -0.483. The van der Waals surface area contributed by atoms with Gasteiger partial charge < -0.3 is 18.9 Å². The molecule has 1 aromatic rings. The highest BCUT2D eigenvalue weighted by atomic mass is 16.5. The summed E-state index contributed by atoms with van der Waals surface area (Å²) in [5.74, 6) is 0.900. The number of methoxy groups -OCH3 is 3. The highest BCUT2D eigenvalue weighted by Gasteiger charge is 2.18. The van der Waals surface area contributed by atoms with Gasteiger partial charge in [0.1, 0.15) is 11.3 Å². The molecule has 0 radical (unpaired) electrons. The maximum Gasteiger partial charge on any atom is 0.341 e. The normalized spacial score (nSPS) is 9.65. The molecule has 0 aromatic heterocycles. The van der Waals surface area contributed by atoms with Crippen molar-refractivity contribution in [2.45, 2.75) is 6.92 Å². The maximum atomic E-state index is 11.5. The van der Waals surface area contributed by atoms with Crippen LogP contribution in [0.2, 0.25) is 0 Å². The number of carbonyl (C=O) groups is 1. The van der Waals surface area contributed by atoms with Gasteiger partial charge in [0.05, 0.1) is 27.9 Å². The molecule has 5 nitrogen and oxygen atoms in total. The maximum absolute atomic E-state index is 11.5. The molecule has 0 saturated carbocycles. The zero-order chi connectivity index (χ0) is 12.8. The van der Waals surface area contributed by atoms with Crippen molar-refractivity contribution in [3.63, 3.8) is 0 Å². The number of esters is 1. The lowest BCUT2D eigenvalue weighted by Gasteiger charge is -2.13. The highest BCUT2D eigenvalue weighted by Crippen LogP contribution is 2.35. The van der Waals surface area contributed by atoms with Crippen molar-refractivity contribution in [3.05, 3.63) is 17.7 Å². The summed E-state index contributed by atoms with van der Waals surface area (Å²) in [6.07, 6.45) is 0. The summed E-state index contributed by atoms with van der Waals surface area (Å²) in [6.45, 7) is 2.36. The standard InChI is InChI=1S/C12H16O5/c1-5-17-11-7-9(14-2)8(12(13)16-4)6-10(11)15-3/h6-7H,5H2,1-4H3. The first-order chi connectivity index (χ1) is 8.17. The molecule has 0 aliphatic heterocycles. The number of carbonyl (C=O) groups excluding carboxylic acids is 1. The van der Waals surface area contributed by atoms with E-state index in [-0.39, 0.29) is 0 Å². The molecule has 0 N–H and O–H groups in total. The van der Waals surface area contributed by atoms with Crippen LogP contribution in [0.4, 0.5) is 0 Å². The minimum Gasteiger partial charge on any atom is -0.496 e. The third kappa shape index (κ3) is 2.81. The van der Waals surface area contributed by atoms with Gasteiger partial charge in [0, 0.05) is 12.1 Å². The summed E-state index contributed by atoms with van der Waals surface area (Å²) in [5, 5.41) is 0. The lowest BCUT2D eigenvalue weighted by Crippen LogP contribution is -2.06. The van der Waals surface area contributed by atoms with E-state index in [1.807, 2.05) is 6.92 Å². The average Bonchev–Trinajstić information content (AvgIpc) is 2.37. The van der Waals surface area contributed by atoms with Gasteiger partial charge in [0.2, 0.25) is 0 Å². The fourth-order valence-corrected chi connectivity index (χ4v) is 1.41. The molecular formula is C12H16O5. The van der Waals surface area contributed by atoms with E-state index >= 15 is 0 Å². The molecule has 17 heavy (non-hydrogen) atoms. The third-order valence-electron chi connectivity index (χ3n) is 2.19. The van der Waals surface area contributed by atoms with Crippen LogP contribution in [-0.4, -0.2) is 33.9 Å². The molecule has 5 heteroatoms. The Bertz CT molecular complexity index is 400. The molecule has 1 rings (SSSR count). The van der Waals surface area contributed by atoms with Gasteiger partial charge in [-0.2, -0.15) is 0 Å². The molecule has 0 bridgehead atoms. The van der Waals surface area contributed by atoms with Crippen molar-refractivity contribution < 1.29 is 23.7 Å². The van der Waals surface area contributed by atoms with E-state index in [0.29, 0.717) is 29.4 Å². The van der Waals surface area contributed by atoms with E-state index in [1.165, 1.54) is 27.4 Å². The number of benzene rings is 1. The van der Waals surface area contributed by atoms with Gasteiger partial charge in [-0.1, -0.05) is 0 Å². The fraction of sp³-hybridized carbons (Fsp3) is 0.417. The van der Waals surface area contributed by atoms with Crippen molar-refractivity contribution >= 4 is 5.97 Å². The quantitative estimate of drug-likeness (QED) is 0.735. The smallest absolute Gasteiger partial charge is 0.341 e. The Morgan fingerprint density at radius 1 is 1.06 bits per heavy atom. The Morgan fingerprint density at radius 2 is 1.71 bits per heavy atom. The Hall–Kier alpha value is -1.91. The first kappa shape index (κ1) is 13.2. The molecule has 0 aliphatic carbocycles. The van der Waals surface area contributed by atoms with Crippen LogP contribution in [0.25, 0.3) is 0 Å². The second-order valence-electron chi connectivity index (χ2n) is 3.13. The molecule has 0 atom stereocenters. The SMILES string of the molecule is CCOc1cc(OC)c(C(=O)OC)cc1OC. The third-order valence-corrected chi connectivity index (χ3v) is 2.19. The van der Waals surface area contributed by atoms with Crippen LogP contribution in [0.1, 0.15) is 17.3 Å². The topological polar surface area (TPSA) is 54.0 Å². The molecule has 0 heterocycles. The van der Waals surface area contributed by atoms with E-state index in [4.69, 9.17) is 14.2 Å². The average molecular weight is 240 g/mol. The molecule has 0 saturated heterocycles. The predicted molar refractivity (Wildman–Crippen MR) is 62.1 cm³/mol. The number of hydrogen-bond donors (Lipinski definition) is 0. The zero-order valence-electron chi connectivity index (χ0n) is 10.4. The lowest BCUT2D eigenvalue weighted by molar-refractivity contribution is 0.0596. The van der Waals surface area contributed by atoms with Gasteiger partial charge in [0.25, 0.3) is 0 Å². The summed E-state index contributed by atoms with van der Waals surface area (Å²) in [5.41, 5.74) is 0.301. The Balaban J connectivity index is 3.27. The second-order valence-corrected chi connectivity index (χ2v) is 3.13. The van der Waals surface area contributed by atoms with Crippen LogP contribution in [0.15, 0.2) is 12.1 Å². The van der Waals surface area contributed by atoms with Gasteiger partial charge in [-0.25, -0.2) is 4.79 Å². The van der Waals surface area contributed by atoms with Gasteiger partial charge in [-0.15, -0.1) is 0 Å². The largest absolute Gasteiger partial charge is 0.496 e. The molecule has 0 amide bonds.